The van der Waals surface area contributed by atoms with Crippen LogP contribution in [-0.2, 0) is 36.1 Å². The van der Waals surface area contributed by atoms with E-state index >= 15 is 0 Å². The van der Waals surface area contributed by atoms with Crippen molar-refractivity contribution in [3.8, 4) is 56.0 Å². The Morgan fingerprint density at radius 2 is 0.671 bits per heavy atom. The zero-order valence-corrected chi connectivity index (χ0v) is 49.8. The first-order valence-electron chi connectivity index (χ1n) is 27.6. The molecule has 0 aliphatic heterocycles. The summed E-state index contributed by atoms with van der Waals surface area (Å²) < 4.78 is 17.1. The number of aromatic hydroxyl groups is 2. The molecule has 0 radical (unpaired) electrons. The van der Waals surface area contributed by atoms with E-state index in [4.69, 9.17) is 16.8 Å². The van der Waals surface area contributed by atoms with E-state index in [0.29, 0.717) is 24.2 Å². The maximum atomic E-state index is 11.3. The molecule has 0 atom stereocenters. The summed E-state index contributed by atoms with van der Waals surface area (Å²) in [5.74, 6) is 0.367. The van der Waals surface area contributed by atoms with Crippen molar-refractivity contribution in [3.63, 3.8) is 0 Å². The molecule has 0 saturated carbocycles. The number of benzene rings is 10. The summed E-state index contributed by atoms with van der Waals surface area (Å²) in [5.41, 5.74) is 21.3. The van der Waals surface area contributed by atoms with Gasteiger partial charge in [0.05, 0.1) is 0 Å². The van der Waals surface area contributed by atoms with Gasteiger partial charge in [0.25, 0.3) is 0 Å². The van der Waals surface area contributed by atoms with Crippen molar-refractivity contribution in [1.82, 2.24) is 0 Å². The standard InChI is InChI=1S/C73H64N4O2.2O.W/c1-71(2,47-74-45-53-29-27-51(41-69(53)78)49-31-35-61-63-37-33-59(43-67(63)72(3,4)65(61)39-49)76(55-19-11-7-12-20-55)56-21-13-8-14-22-56)48-75-46-54-30-28-52(42-70(54)79)50-32-36-62-64-38-34-60(44-68(64)73(5,6)66(62)40-50)77(57-23-15-9-16-24-57)58-25-17-10-18-26-58;;;/h7-46,78-79H,47-48H2,1-6H3;;;. The Bertz CT molecular complexity index is 3740. The van der Waals surface area contributed by atoms with Gasteiger partial charge >= 0.3 is 25.3 Å². The van der Waals surface area contributed by atoms with Gasteiger partial charge in [-0.3, -0.25) is 9.98 Å². The second-order valence-corrected chi connectivity index (χ2v) is 23.5. The maximum absolute atomic E-state index is 11.3. The molecule has 0 fully saturated rings. The van der Waals surface area contributed by atoms with Crippen molar-refractivity contribution < 1.29 is 35.5 Å². The average molecular weight is 1250 g/mol. The van der Waals surface area contributed by atoms with Gasteiger partial charge in [0, 0.05) is 87.0 Å². The molecular formula is C73H64N4O4W. The minimum absolute atomic E-state index is 0.183. The zero-order chi connectivity index (χ0) is 57.2. The summed E-state index contributed by atoms with van der Waals surface area (Å²) in [6.45, 7) is 14.5. The molecule has 0 saturated heterocycles. The number of hydrogen-bond acceptors (Lipinski definition) is 8. The molecule has 9 heteroatoms. The van der Waals surface area contributed by atoms with Gasteiger partial charge in [-0.25, -0.2) is 0 Å². The van der Waals surface area contributed by atoms with Gasteiger partial charge in [-0.2, -0.15) is 0 Å². The van der Waals surface area contributed by atoms with Crippen LogP contribution in [0.25, 0.3) is 44.5 Å². The van der Waals surface area contributed by atoms with Crippen LogP contribution in [0.15, 0.2) is 241 Å². The summed E-state index contributed by atoms with van der Waals surface area (Å²) in [4.78, 5) is 14.2. The molecular weight excluding hydrogens is 1180 g/mol. The molecule has 0 heterocycles. The Kier molecular flexibility index (Phi) is 15.3. The van der Waals surface area contributed by atoms with Gasteiger partial charge in [0.2, 0.25) is 0 Å². The van der Waals surface area contributed by atoms with E-state index in [0.717, 1.165) is 56.4 Å². The molecule has 0 bridgehead atoms. The summed E-state index contributed by atoms with van der Waals surface area (Å²) in [7, 11) is 0. The van der Waals surface area contributed by atoms with Crippen LogP contribution in [0.5, 0.6) is 11.5 Å². The van der Waals surface area contributed by atoms with E-state index in [1.807, 2.05) is 24.3 Å². The number of para-hydroxylation sites is 4. The second kappa shape index (κ2) is 22.9. The molecule has 10 aromatic carbocycles. The van der Waals surface area contributed by atoms with Gasteiger partial charge in [0.1, 0.15) is 11.5 Å². The molecule has 12 rings (SSSR count). The van der Waals surface area contributed by atoms with Crippen LogP contribution in [0, 0.1) is 5.41 Å². The Hall–Kier alpha value is -8.97. The van der Waals surface area contributed by atoms with Crippen LogP contribution in [0.2, 0.25) is 0 Å². The fourth-order valence-corrected chi connectivity index (χ4v) is 11.8. The van der Waals surface area contributed by atoms with Crippen LogP contribution in [-0.4, -0.2) is 35.7 Å². The van der Waals surface area contributed by atoms with Crippen molar-refractivity contribution in [2.45, 2.75) is 52.4 Å². The first kappa shape index (κ1) is 55.0. The monoisotopic (exact) mass is 1240 g/mol. The number of phenolic OH excluding ortho intramolecular Hbond substituents is 2. The topological polar surface area (TPSA) is 106 Å². The number of phenols is 2. The number of anilines is 6. The SMILES string of the molecule is CC(C)(CN=Cc1ccc(-c2ccc3c(c2)C(C)(C)c2cc(N(c4ccccc4)c4ccccc4)ccc2-3)cc1O)CN=Cc1ccc(-c2ccc3c(c2)C(C)(C)c2cc(N(c4ccccc4)c4ccccc4)ccc2-3)cc1O.[O]=[W]=[O]. The van der Waals surface area contributed by atoms with Crippen LogP contribution >= 0.6 is 0 Å². The van der Waals surface area contributed by atoms with Crippen molar-refractivity contribution in [2.24, 2.45) is 15.4 Å². The molecule has 8 nitrogen and oxygen atoms in total. The second-order valence-electron chi connectivity index (χ2n) is 23.0. The number of aliphatic imine (C=N–C) groups is 2. The van der Waals surface area contributed by atoms with Crippen LogP contribution in [0.3, 0.4) is 0 Å². The van der Waals surface area contributed by atoms with Gasteiger partial charge in [-0.1, -0.05) is 163 Å². The molecule has 2 N–H and O–H groups in total. The summed E-state index contributed by atoms with van der Waals surface area (Å²) in [6.07, 6.45) is 3.51. The normalized spacial score (nSPS) is 13.4. The molecule has 2 aliphatic carbocycles. The first-order chi connectivity index (χ1) is 39.6. The van der Waals surface area contributed by atoms with E-state index in [2.05, 4.69) is 258 Å². The molecule has 0 unspecified atom stereocenters. The van der Waals surface area contributed by atoms with Gasteiger partial charge < -0.3 is 20.0 Å². The number of fused-ring (bicyclic) bond motifs is 6. The van der Waals surface area contributed by atoms with Crippen molar-refractivity contribution in [2.75, 3.05) is 22.9 Å². The summed E-state index contributed by atoms with van der Waals surface area (Å²) in [6, 6.07) is 80.9. The summed E-state index contributed by atoms with van der Waals surface area (Å²) in [5, 5.41) is 22.7. The molecule has 2 aliphatic rings. The molecule has 0 spiro atoms. The number of hydrogen-bond donors (Lipinski definition) is 2. The van der Waals surface area contributed by atoms with Gasteiger partial charge in [-0.05, 0) is 176 Å². The Balaban J connectivity index is 0.00000230. The van der Waals surface area contributed by atoms with E-state index in [9.17, 15) is 10.2 Å². The van der Waals surface area contributed by atoms with Crippen LogP contribution < -0.4 is 9.80 Å². The van der Waals surface area contributed by atoms with Crippen LogP contribution in [0.4, 0.5) is 34.1 Å². The van der Waals surface area contributed by atoms with Gasteiger partial charge in [0.15, 0.2) is 0 Å². The third kappa shape index (κ3) is 10.9. The number of nitrogens with zero attached hydrogens (tertiary/aromatic N) is 4. The molecule has 0 amide bonds. The quantitative estimate of drug-likeness (QED) is 0.105. The molecule has 406 valence electrons. The van der Waals surface area contributed by atoms with E-state index < -0.39 is 18.5 Å². The average Bonchev–Trinajstić information content (AvgIpc) is 3.12. The van der Waals surface area contributed by atoms with Crippen molar-refractivity contribution in [3.05, 3.63) is 264 Å². The van der Waals surface area contributed by atoms with Crippen molar-refractivity contribution >= 4 is 46.6 Å². The van der Waals surface area contributed by atoms with Crippen molar-refractivity contribution in [1.29, 1.82) is 0 Å². The first-order valence-corrected chi connectivity index (χ1v) is 30.0. The Labute approximate surface area is 489 Å². The minimum atomic E-state index is -2.25. The van der Waals surface area contributed by atoms with Gasteiger partial charge in [-0.15, -0.1) is 0 Å². The number of rotatable bonds is 14. The third-order valence-corrected chi connectivity index (χ3v) is 16.1. The molecule has 0 aromatic heterocycles. The van der Waals surface area contributed by atoms with E-state index in [-0.39, 0.29) is 27.7 Å². The zero-order valence-electron chi connectivity index (χ0n) is 46.9. The van der Waals surface area contributed by atoms with E-state index in [1.165, 1.54) is 44.5 Å². The fourth-order valence-electron chi connectivity index (χ4n) is 11.8. The predicted molar refractivity (Wildman–Crippen MR) is 332 cm³/mol. The Morgan fingerprint density at radius 3 is 0.988 bits per heavy atom. The summed E-state index contributed by atoms with van der Waals surface area (Å²) >= 11 is -2.25. The third-order valence-electron chi connectivity index (χ3n) is 16.1. The molecule has 82 heavy (non-hydrogen) atoms. The Morgan fingerprint density at radius 1 is 0.390 bits per heavy atom. The van der Waals surface area contributed by atoms with E-state index in [1.54, 1.807) is 12.4 Å². The molecule has 10 aromatic rings. The van der Waals surface area contributed by atoms with Crippen LogP contribution in [0.1, 0.15) is 74.9 Å². The predicted octanol–water partition coefficient (Wildman–Crippen LogP) is 18.3. The fraction of sp³-hybridized carbons (Fsp3) is 0.151.